The third-order valence-corrected chi connectivity index (χ3v) is 5.03. The molecule has 29 heavy (non-hydrogen) atoms. The summed E-state index contributed by atoms with van der Waals surface area (Å²) in [6, 6.07) is 15.5. The zero-order valence-electron chi connectivity index (χ0n) is 16.5. The number of nitrogens with one attached hydrogen (secondary N) is 2. The molecular weight excluding hydrogens is 434 g/mol. The van der Waals surface area contributed by atoms with Gasteiger partial charge in [0.2, 0.25) is 0 Å². The first-order chi connectivity index (χ1) is 14.1. The summed E-state index contributed by atoms with van der Waals surface area (Å²) in [6.07, 6.45) is 2.85. The Balaban J connectivity index is 1.81. The molecule has 2 aromatic rings. The molecule has 0 aliphatic heterocycles. The average Bonchev–Trinajstić information content (AvgIpc) is 2.74. The summed E-state index contributed by atoms with van der Waals surface area (Å²) in [6.45, 7) is 1.02. The van der Waals surface area contributed by atoms with Gasteiger partial charge in [0, 0.05) is 23.8 Å². The highest BCUT2D eigenvalue weighted by Crippen LogP contribution is 2.27. The standard InChI is InChI=1S/C22H24BrN3O3/c1-28-20-8-7-16(13-21(20)29-2)9-12-26-22(27)18(14-24)15-25-11-10-17-5-3-4-6-19(17)23/h3-8,13,15,25H,9-12H2,1-2H3,(H,26,27)/b18-15-. The first-order valence-electron chi connectivity index (χ1n) is 9.15. The smallest absolute Gasteiger partial charge is 0.263 e. The van der Waals surface area contributed by atoms with Crippen LogP contribution in [0, 0.1) is 11.3 Å². The Morgan fingerprint density at radius 3 is 2.55 bits per heavy atom. The molecule has 0 aliphatic carbocycles. The number of nitrogens with zero attached hydrogens (tertiary/aromatic N) is 1. The third kappa shape index (κ3) is 6.84. The second-order valence-electron chi connectivity index (χ2n) is 6.16. The van der Waals surface area contributed by atoms with Crippen LogP contribution in [-0.4, -0.2) is 33.2 Å². The van der Waals surface area contributed by atoms with Gasteiger partial charge in [-0.15, -0.1) is 0 Å². The first-order valence-corrected chi connectivity index (χ1v) is 9.94. The van der Waals surface area contributed by atoms with E-state index in [1.807, 2.05) is 48.5 Å². The number of amides is 1. The summed E-state index contributed by atoms with van der Waals surface area (Å²) in [5, 5.41) is 15.0. The lowest BCUT2D eigenvalue weighted by Crippen LogP contribution is -2.28. The predicted octanol–water partition coefficient (Wildman–Crippen LogP) is 3.36. The van der Waals surface area contributed by atoms with E-state index < -0.39 is 5.91 Å². The molecule has 0 spiro atoms. The van der Waals surface area contributed by atoms with Crippen LogP contribution < -0.4 is 20.1 Å². The van der Waals surface area contributed by atoms with Crippen molar-refractivity contribution in [2.24, 2.45) is 0 Å². The topological polar surface area (TPSA) is 83.4 Å². The Bertz CT molecular complexity index is 906. The normalized spacial score (nSPS) is 10.8. The Morgan fingerprint density at radius 1 is 1.10 bits per heavy atom. The zero-order valence-corrected chi connectivity index (χ0v) is 18.1. The van der Waals surface area contributed by atoms with Crippen molar-refractivity contribution in [2.45, 2.75) is 12.8 Å². The zero-order chi connectivity index (χ0) is 21.1. The van der Waals surface area contributed by atoms with Crippen LogP contribution in [0.5, 0.6) is 11.5 Å². The molecule has 1 amide bonds. The van der Waals surface area contributed by atoms with E-state index in [9.17, 15) is 10.1 Å². The summed E-state index contributed by atoms with van der Waals surface area (Å²) in [4.78, 5) is 12.2. The van der Waals surface area contributed by atoms with Gasteiger partial charge in [-0.25, -0.2) is 0 Å². The van der Waals surface area contributed by atoms with Crippen LogP contribution in [0.4, 0.5) is 0 Å². The summed E-state index contributed by atoms with van der Waals surface area (Å²) >= 11 is 3.50. The van der Waals surface area contributed by atoms with Crippen LogP contribution in [0.2, 0.25) is 0 Å². The van der Waals surface area contributed by atoms with Gasteiger partial charge in [0.15, 0.2) is 11.5 Å². The number of nitriles is 1. The summed E-state index contributed by atoms with van der Waals surface area (Å²) in [5.41, 5.74) is 2.20. The number of hydrogen-bond donors (Lipinski definition) is 2. The third-order valence-electron chi connectivity index (χ3n) is 4.26. The number of rotatable bonds is 10. The van der Waals surface area contributed by atoms with E-state index in [4.69, 9.17) is 9.47 Å². The molecule has 0 saturated carbocycles. The monoisotopic (exact) mass is 457 g/mol. The maximum absolute atomic E-state index is 12.2. The molecule has 0 aliphatic rings. The van der Waals surface area contributed by atoms with Gasteiger partial charge in [0.25, 0.3) is 5.91 Å². The van der Waals surface area contributed by atoms with Crippen molar-refractivity contribution in [3.63, 3.8) is 0 Å². The van der Waals surface area contributed by atoms with Crippen molar-refractivity contribution in [3.8, 4) is 17.6 Å². The lowest BCUT2D eigenvalue weighted by Gasteiger charge is -2.10. The molecular formula is C22H24BrN3O3. The molecule has 0 aromatic heterocycles. The van der Waals surface area contributed by atoms with Gasteiger partial charge >= 0.3 is 0 Å². The van der Waals surface area contributed by atoms with E-state index in [0.717, 1.165) is 22.0 Å². The number of benzene rings is 2. The number of ether oxygens (including phenoxy) is 2. The van der Waals surface area contributed by atoms with Gasteiger partial charge in [-0.3, -0.25) is 4.79 Å². The van der Waals surface area contributed by atoms with Crippen molar-refractivity contribution < 1.29 is 14.3 Å². The molecule has 0 bridgehead atoms. The van der Waals surface area contributed by atoms with Crippen molar-refractivity contribution in [3.05, 3.63) is 69.8 Å². The van der Waals surface area contributed by atoms with E-state index in [2.05, 4.69) is 26.6 Å². The molecule has 0 saturated heterocycles. The summed E-state index contributed by atoms with van der Waals surface area (Å²) in [5.74, 6) is 0.896. The van der Waals surface area contributed by atoms with Gasteiger partial charge in [-0.05, 0) is 42.2 Å². The second-order valence-corrected chi connectivity index (χ2v) is 7.01. The van der Waals surface area contributed by atoms with E-state index in [-0.39, 0.29) is 5.57 Å². The predicted molar refractivity (Wildman–Crippen MR) is 116 cm³/mol. The maximum atomic E-state index is 12.2. The maximum Gasteiger partial charge on any atom is 0.263 e. The fourth-order valence-electron chi connectivity index (χ4n) is 2.68. The fraction of sp³-hybridized carbons (Fsp3) is 0.273. The number of carbonyl (C=O) groups excluding carboxylic acids is 1. The molecule has 2 aromatic carbocycles. The van der Waals surface area contributed by atoms with E-state index >= 15 is 0 Å². The van der Waals surface area contributed by atoms with Crippen molar-refractivity contribution >= 4 is 21.8 Å². The molecule has 2 rings (SSSR count). The Kier molecular flexibility index (Phi) is 9.06. The van der Waals surface area contributed by atoms with Crippen molar-refractivity contribution in [1.29, 1.82) is 5.26 Å². The van der Waals surface area contributed by atoms with Crippen molar-refractivity contribution in [1.82, 2.24) is 10.6 Å². The van der Waals surface area contributed by atoms with E-state index in [1.54, 1.807) is 14.2 Å². The highest BCUT2D eigenvalue weighted by molar-refractivity contribution is 9.10. The molecule has 6 nitrogen and oxygen atoms in total. The fourth-order valence-corrected chi connectivity index (χ4v) is 3.17. The number of carbonyl (C=O) groups is 1. The second kappa shape index (κ2) is 11.8. The highest BCUT2D eigenvalue weighted by Gasteiger charge is 2.09. The van der Waals surface area contributed by atoms with Crippen LogP contribution in [0.3, 0.4) is 0 Å². The Labute approximate surface area is 179 Å². The molecule has 2 N–H and O–H groups in total. The largest absolute Gasteiger partial charge is 0.493 e. The lowest BCUT2D eigenvalue weighted by atomic mass is 10.1. The molecule has 0 radical (unpaired) electrons. The minimum Gasteiger partial charge on any atom is -0.493 e. The van der Waals surface area contributed by atoms with Gasteiger partial charge < -0.3 is 20.1 Å². The minimum absolute atomic E-state index is 0.0458. The SMILES string of the molecule is COc1ccc(CCNC(=O)/C(C#N)=C\NCCc2ccccc2Br)cc1OC. The van der Waals surface area contributed by atoms with Gasteiger partial charge in [0.1, 0.15) is 11.6 Å². The quantitative estimate of drug-likeness (QED) is 0.324. The average molecular weight is 458 g/mol. The lowest BCUT2D eigenvalue weighted by molar-refractivity contribution is -0.117. The Morgan fingerprint density at radius 2 is 1.86 bits per heavy atom. The van der Waals surface area contributed by atoms with Crippen LogP contribution in [0.1, 0.15) is 11.1 Å². The molecule has 0 fully saturated rings. The van der Waals surface area contributed by atoms with Gasteiger partial charge in [-0.2, -0.15) is 5.26 Å². The van der Waals surface area contributed by atoms with E-state index in [1.165, 1.54) is 6.20 Å². The molecule has 0 atom stereocenters. The molecule has 0 heterocycles. The molecule has 0 unspecified atom stereocenters. The molecule has 7 heteroatoms. The number of methoxy groups -OCH3 is 2. The van der Waals surface area contributed by atoms with E-state index in [0.29, 0.717) is 31.0 Å². The van der Waals surface area contributed by atoms with Crippen LogP contribution in [0.15, 0.2) is 58.7 Å². The van der Waals surface area contributed by atoms with Gasteiger partial charge in [0.05, 0.1) is 14.2 Å². The van der Waals surface area contributed by atoms with Crippen LogP contribution >= 0.6 is 15.9 Å². The van der Waals surface area contributed by atoms with Crippen LogP contribution in [0.25, 0.3) is 0 Å². The minimum atomic E-state index is -0.402. The number of halogens is 1. The number of hydrogen-bond acceptors (Lipinski definition) is 5. The summed E-state index contributed by atoms with van der Waals surface area (Å²) < 4.78 is 11.5. The Hall–Kier alpha value is -2.98. The van der Waals surface area contributed by atoms with Crippen LogP contribution in [-0.2, 0) is 17.6 Å². The summed E-state index contributed by atoms with van der Waals surface area (Å²) in [7, 11) is 3.16. The molecule has 152 valence electrons. The highest BCUT2D eigenvalue weighted by atomic mass is 79.9. The van der Waals surface area contributed by atoms with Crippen molar-refractivity contribution in [2.75, 3.05) is 27.3 Å². The first kappa shape index (κ1) is 22.3. The van der Waals surface area contributed by atoms with Gasteiger partial charge in [-0.1, -0.05) is 40.2 Å².